The van der Waals surface area contributed by atoms with Crippen LogP contribution in [0.5, 0.6) is 0 Å². The van der Waals surface area contributed by atoms with E-state index in [0.717, 1.165) is 29.4 Å². The minimum Gasteiger partial charge on any atom is -0.381 e. The van der Waals surface area contributed by atoms with Gasteiger partial charge < -0.3 is 5.32 Å². The van der Waals surface area contributed by atoms with Crippen molar-refractivity contribution in [2.24, 2.45) is 0 Å². The summed E-state index contributed by atoms with van der Waals surface area (Å²) in [5.74, 6) is -3.18. The highest BCUT2D eigenvalue weighted by molar-refractivity contribution is 7.95. The fourth-order valence-corrected chi connectivity index (χ4v) is 5.22. The second kappa shape index (κ2) is 7.90. The van der Waals surface area contributed by atoms with Crippen molar-refractivity contribution in [2.45, 2.75) is 29.7 Å². The molecule has 1 aliphatic heterocycles. The smallest absolute Gasteiger partial charge is 0.325 e. The van der Waals surface area contributed by atoms with Crippen LogP contribution in [-0.4, -0.2) is 38.2 Å². The second-order valence-corrected chi connectivity index (χ2v) is 9.37. The molecule has 1 aromatic heterocycles. The van der Waals surface area contributed by atoms with Crippen molar-refractivity contribution in [1.29, 1.82) is 0 Å². The molecule has 0 radical (unpaired) electrons. The van der Waals surface area contributed by atoms with Crippen LogP contribution in [0, 0.1) is 0 Å². The van der Waals surface area contributed by atoms with Gasteiger partial charge in [0.15, 0.2) is 0 Å². The van der Waals surface area contributed by atoms with Gasteiger partial charge >= 0.3 is 10.4 Å². The Hall–Kier alpha value is -2.62. The van der Waals surface area contributed by atoms with Crippen LogP contribution in [0.25, 0.3) is 10.9 Å². The lowest BCUT2D eigenvalue weighted by atomic mass is 10.1. The van der Waals surface area contributed by atoms with Crippen LogP contribution in [0.2, 0.25) is 0 Å². The molecule has 0 spiro atoms. The molecule has 158 valence electrons. The number of nitrogens with zero attached hydrogens (tertiary/aromatic N) is 2. The number of alkyl halides is 2. The number of aromatic amines is 1. The van der Waals surface area contributed by atoms with Crippen LogP contribution in [0.3, 0.4) is 0 Å². The highest BCUT2D eigenvalue weighted by atomic mass is 32.3. The maximum Gasteiger partial charge on any atom is 0.325 e. The number of benzene rings is 2. The number of anilines is 1. The van der Waals surface area contributed by atoms with E-state index in [1.165, 1.54) is 28.6 Å². The molecule has 0 bridgehead atoms. The summed E-state index contributed by atoms with van der Waals surface area (Å²) in [7, 11) is -3.52. The maximum atomic E-state index is 13.7. The van der Waals surface area contributed by atoms with Crippen molar-refractivity contribution >= 4 is 27.0 Å². The van der Waals surface area contributed by atoms with E-state index in [-0.39, 0.29) is 16.5 Å². The summed E-state index contributed by atoms with van der Waals surface area (Å²) in [5, 5.41) is 11.3. The van der Waals surface area contributed by atoms with Crippen LogP contribution in [-0.2, 0) is 20.5 Å². The number of rotatable bonds is 6. The number of H-pyrrole nitrogens is 1. The molecule has 1 aliphatic rings. The standard InChI is InChI=1S/C21H22F2N4O2S/c1-2-21(22,23)16-5-8-19(9-6-16)30(28,29)27-11-3-4-18(14-27)25-17-7-10-20-15(12-17)13-24-26-20/h2,5-10,12-13,18,25H,1,3-4,11,14H2,(H-,24,26,28,29)/p+1. The highest BCUT2D eigenvalue weighted by Crippen LogP contribution is 2.32. The number of allylic oxidation sites excluding steroid dienone is 1. The average Bonchev–Trinajstić information content (AvgIpc) is 3.22. The first-order chi connectivity index (χ1) is 14.3. The molecule has 2 aromatic carbocycles. The molecule has 2 unspecified atom stereocenters. The van der Waals surface area contributed by atoms with Gasteiger partial charge in [0.05, 0.1) is 18.3 Å². The minimum atomic E-state index is -3.52. The Morgan fingerprint density at radius 2 is 2.07 bits per heavy atom. The number of piperidine rings is 1. The third kappa shape index (κ3) is 4.00. The van der Waals surface area contributed by atoms with E-state index in [4.69, 9.17) is 0 Å². The van der Waals surface area contributed by atoms with E-state index in [0.29, 0.717) is 19.2 Å². The quantitative estimate of drug-likeness (QED) is 0.390. The fraction of sp³-hybridized carbons (Fsp3) is 0.286. The third-order valence-corrected chi connectivity index (χ3v) is 7.27. The summed E-state index contributed by atoms with van der Waals surface area (Å²) in [5.41, 5.74) is 1.59. The molecule has 6 nitrogen and oxygen atoms in total. The molecule has 0 aliphatic carbocycles. The minimum absolute atomic E-state index is 0.0135. The number of nitrogens with one attached hydrogen (secondary N) is 2. The van der Waals surface area contributed by atoms with Gasteiger partial charge in [0.1, 0.15) is 0 Å². The van der Waals surface area contributed by atoms with Gasteiger partial charge in [-0.2, -0.15) is 18.4 Å². The Bertz CT molecular complexity index is 1100. The Balaban J connectivity index is 1.48. The Morgan fingerprint density at radius 3 is 2.80 bits per heavy atom. The van der Waals surface area contributed by atoms with Crippen molar-refractivity contribution in [3.8, 4) is 0 Å². The molecule has 1 saturated heterocycles. The lowest BCUT2D eigenvalue weighted by Crippen LogP contribution is -2.47. The summed E-state index contributed by atoms with van der Waals surface area (Å²) in [6, 6.07) is 10.8. The van der Waals surface area contributed by atoms with Gasteiger partial charge in [-0.05, 0) is 65.6 Å². The molecule has 3 aromatic rings. The summed E-state index contributed by atoms with van der Waals surface area (Å²) < 4.78 is 52.9. The lowest BCUT2D eigenvalue weighted by Gasteiger charge is -2.31. The number of hydrogen-bond donors (Lipinski definition) is 3. The van der Waals surface area contributed by atoms with Gasteiger partial charge in [0.2, 0.25) is 4.90 Å². The van der Waals surface area contributed by atoms with Gasteiger partial charge in [-0.1, -0.05) is 10.9 Å². The monoisotopic (exact) mass is 433 g/mol. The summed E-state index contributed by atoms with van der Waals surface area (Å²) >= 11 is 0. The van der Waals surface area contributed by atoms with Crippen LogP contribution in [0.4, 0.5) is 14.5 Å². The van der Waals surface area contributed by atoms with E-state index in [1.807, 2.05) is 18.2 Å². The molecule has 9 heteroatoms. The van der Waals surface area contributed by atoms with Crippen molar-refractivity contribution < 1.29 is 17.5 Å². The normalized spacial score (nSPS) is 20.0. The zero-order valence-electron chi connectivity index (χ0n) is 16.2. The summed E-state index contributed by atoms with van der Waals surface area (Å²) in [4.78, 5) is 0.117. The predicted molar refractivity (Wildman–Crippen MR) is 114 cm³/mol. The molecule has 2 atom stereocenters. The Labute approximate surface area is 174 Å². The SMILES string of the molecule is C=CC(F)(F)c1ccc([S+](=O)(O)N2CCCC(Nc3ccc4[nH]ncc4c3)C2)cc1. The zero-order valence-corrected chi connectivity index (χ0v) is 17.0. The van der Waals surface area contributed by atoms with Crippen molar-refractivity contribution in [3.63, 3.8) is 0 Å². The molecular formula is C21H23F2N4O2S+. The van der Waals surface area contributed by atoms with Gasteiger partial charge in [-0.3, -0.25) is 5.10 Å². The van der Waals surface area contributed by atoms with Crippen molar-refractivity contribution in [2.75, 3.05) is 18.4 Å². The first-order valence-electron chi connectivity index (χ1n) is 9.63. The van der Waals surface area contributed by atoms with Crippen LogP contribution in [0.15, 0.2) is 66.2 Å². The Morgan fingerprint density at radius 1 is 1.30 bits per heavy atom. The van der Waals surface area contributed by atoms with Gasteiger partial charge in [-0.15, -0.1) is 0 Å². The maximum absolute atomic E-state index is 13.7. The molecule has 0 amide bonds. The predicted octanol–water partition coefficient (Wildman–Crippen LogP) is 4.66. The van der Waals surface area contributed by atoms with E-state index in [1.54, 1.807) is 6.20 Å². The molecule has 3 N–H and O–H groups in total. The van der Waals surface area contributed by atoms with Gasteiger partial charge in [0.25, 0.3) is 5.92 Å². The fourth-order valence-electron chi connectivity index (χ4n) is 3.67. The summed E-state index contributed by atoms with van der Waals surface area (Å²) in [6.45, 7) is 3.95. The third-order valence-electron chi connectivity index (χ3n) is 5.35. The van der Waals surface area contributed by atoms with Crippen LogP contribution in [0.1, 0.15) is 18.4 Å². The largest absolute Gasteiger partial charge is 0.381 e. The van der Waals surface area contributed by atoms with E-state index >= 15 is 0 Å². The number of aromatic nitrogens is 2. The van der Waals surface area contributed by atoms with E-state index in [9.17, 15) is 17.5 Å². The van der Waals surface area contributed by atoms with Crippen molar-refractivity contribution in [3.05, 3.63) is 66.9 Å². The molecular weight excluding hydrogens is 410 g/mol. The van der Waals surface area contributed by atoms with E-state index in [2.05, 4.69) is 22.1 Å². The Kier molecular flexibility index (Phi) is 5.44. The summed E-state index contributed by atoms with van der Waals surface area (Å²) in [6.07, 6.45) is 3.91. The molecule has 1 fully saturated rings. The van der Waals surface area contributed by atoms with Gasteiger partial charge in [0, 0.05) is 29.2 Å². The first kappa shape index (κ1) is 20.6. The molecule has 4 rings (SSSR count). The molecule has 2 heterocycles. The van der Waals surface area contributed by atoms with Crippen molar-refractivity contribution in [1.82, 2.24) is 14.5 Å². The molecule has 30 heavy (non-hydrogen) atoms. The first-order valence-corrected chi connectivity index (χ1v) is 11.1. The highest BCUT2D eigenvalue weighted by Gasteiger charge is 2.42. The lowest BCUT2D eigenvalue weighted by molar-refractivity contribution is 0.0525. The van der Waals surface area contributed by atoms with Gasteiger partial charge in [-0.25, -0.2) is 0 Å². The number of hydrogen-bond acceptors (Lipinski definition) is 3. The number of fused-ring (bicyclic) bond motifs is 1. The van der Waals surface area contributed by atoms with E-state index < -0.39 is 16.3 Å². The number of halogens is 2. The van der Waals surface area contributed by atoms with Crippen LogP contribution < -0.4 is 5.32 Å². The van der Waals surface area contributed by atoms with Crippen LogP contribution >= 0.6 is 0 Å². The second-order valence-electron chi connectivity index (χ2n) is 7.39. The molecule has 0 saturated carbocycles. The average molecular weight is 434 g/mol. The zero-order chi connectivity index (χ0) is 21.4. The topological polar surface area (TPSA) is 81.2 Å².